The van der Waals surface area contributed by atoms with Crippen molar-refractivity contribution < 1.29 is 23.8 Å². The van der Waals surface area contributed by atoms with Gasteiger partial charge >= 0.3 is 11.9 Å². The Labute approximate surface area is 231 Å². The Morgan fingerprint density at radius 2 is 1.92 bits per heavy atom. The average Bonchev–Trinajstić information content (AvgIpc) is 3.18. The number of fused-ring (bicyclic) bond motifs is 1. The predicted octanol–water partition coefficient (Wildman–Crippen LogP) is 4.21. The predicted molar refractivity (Wildman–Crippen MR) is 146 cm³/mol. The van der Waals surface area contributed by atoms with Crippen LogP contribution in [-0.4, -0.2) is 30.2 Å². The summed E-state index contributed by atoms with van der Waals surface area (Å²) < 4.78 is 17.8. The summed E-state index contributed by atoms with van der Waals surface area (Å²) in [5.41, 5.74) is 1.42. The van der Waals surface area contributed by atoms with Crippen molar-refractivity contribution in [2.45, 2.75) is 19.9 Å². The van der Waals surface area contributed by atoms with Gasteiger partial charge in [0.25, 0.3) is 5.56 Å². The number of nitrogens with zero attached hydrogens (tertiary/aromatic N) is 2. The molecule has 0 N–H and O–H groups in total. The molecule has 0 fully saturated rings. The molecule has 38 heavy (non-hydrogen) atoms. The van der Waals surface area contributed by atoms with E-state index in [1.807, 2.05) is 0 Å². The molecule has 1 aliphatic rings. The van der Waals surface area contributed by atoms with Crippen LogP contribution in [0.15, 0.2) is 70.1 Å². The van der Waals surface area contributed by atoms with Crippen LogP contribution >= 0.6 is 34.5 Å². The van der Waals surface area contributed by atoms with Crippen LogP contribution in [0.4, 0.5) is 0 Å². The van der Waals surface area contributed by atoms with Gasteiger partial charge in [-0.05, 0) is 48.4 Å². The molecular weight excluding hydrogens is 551 g/mol. The first-order valence-corrected chi connectivity index (χ1v) is 12.8. The minimum atomic E-state index is -0.889. The molecule has 196 valence electrons. The standard InChI is InChI=1S/C27H22Cl2N2O6S/c1-5-10-36-26(34)23-14(2)30-27-31(24(23)17-7-9-20(37-15(3)32)21(13-17)35-4)25(33)22(38-27)12-16-6-8-18(28)19(29)11-16/h5-9,11-13,24H,1,10H2,2-4H3. The van der Waals surface area contributed by atoms with Crippen molar-refractivity contribution in [3.05, 3.63) is 101 Å². The van der Waals surface area contributed by atoms with Crippen LogP contribution in [0.3, 0.4) is 0 Å². The van der Waals surface area contributed by atoms with E-state index < -0.39 is 18.0 Å². The van der Waals surface area contributed by atoms with Crippen LogP contribution in [0, 0.1) is 0 Å². The Morgan fingerprint density at radius 1 is 1.16 bits per heavy atom. The number of methoxy groups -OCH3 is 1. The number of allylic oxidation sites excluding steroid dienone is 1. The fourth-order valence-corrected chi connectivity index (χ4v) is 5.31. The fraction of sp³-hybridized carbons (Fsp3) is 0.185. The van der Waals surface area contributed by atoms with Gasteiger partial charge in [0.1, 0.15) is 6.61 Å². The van der Waals surface area contributed by atoms with Crippen molar-refractivity contribution in [2.75, 3.05) is 13.7 Å². The molecule has 4 rings (SSSR count). The number of thiazole rings is 1. The summed E-state index contributed by atoms with van der Waals surface area (Å²) in [6.45, 7) is 6.52. The maximum atomic E-state index is 13.7. The van der Waals surface area contributed by atoms with Crippen molar-refractivity contribution >= 4 is 52.6 Å². The third kappa shape index (κ3) is 5.45. The van der Waals surface area contributed by atoms with E-state index in [1.165, 1.54) is 36.0 Å². The number of carbonyl (C=O) groups is 2. The Balaban J connectivity index is 1.94. The number of aromatic nitrogens is 1. The first-order valence-electron chi connectivity index (χ1n) is 11.3. The monoisotopic (exact) mass is 572 g/mol. The van der Waals surface area contributed by atoms with E-state index >= 15 is 0 Å². The highest BCUT2D eigenvalue weighted by Crippen LogP contribution is 2.36. The second-order valence-corrected chi connectivity index (χ2v) is 9.97. The number of hydrogen-bond donors (Lipinski definition) is 0. The Morgan fingerprint density at radius 3 is 2.58 bits per heavy atom. The molecule has 1 aromatic heterocycles. The number of rotatable bonds is 7. The lowest BCUT2D eigenvalue weighted by atomic mass is 9.95. The summed E-state index contributed by atoms with van der Waals surface area (Å²) in [7, 11) is 1.43. The Bertz CT molecular complexity index is 1670. The molecule has 2 aromatic carbocycles. The van der Waals surface area contributed by atoms with Gasteiger partial charge in [0.15, 0.2) is 16.3 Å². The first kappa shape index (κ1) is 27.4. The third-order valence-electron chi connectivity index (χ3n) is 5.57. The fourth-order valence-electron chi connectivity index (χ4n) is 3.96. The summed E-state index contributed by atoms with van der Waals surface area (Å²) in [5, 5.41) is 0.754. The van der Waals surface area contributed by atoms with Gasteiger partial charge in [-0.25, -0.2) is 9.79 Å². The molecule has 0 saturated carbocycles. The molecule has 8 nitrogen and oxygen atoms in total. The van der Waals surface area contributed by atoms with E-state index in [4.69, 9.17) is 37.4 Å². The molecular formula is C27H22Cl2N2O6S. The lowest BCUT2D eigenvalue weighted by Gasteiger charge is -2.25. The van der Waals surface area contributed by atoms with E-state index in [9.17, 15) is 14.4 Å². The number of halogens is 2. The Hall–Kier alpha value is -3.66. The molecule has 2 heterocycles. The van der Waals surface area contributed by atoms with Crippen molar-refractivity contribution in [2.24, 2.45) is 4.99 Å². The first-order chi connectivity index (χ1) is 18.1. The van der Waals surface area contributed by atoms with Gasteiger partial charge in [0.2, 0.25) is 0 Å². The number of benzene rings is 2. The topological polar surface area (TPSA) is 96.2 Å². The zero-order valence-electron chi connectivity index (χ0n) is 20.6. The van der Waals surface area contributed by atoms with Crippen LogP contribution in [0.1, 0.15) is 31.0 Å². The van der Waals surface area contributed by atoms with Crippen molar-refractivity contribution in [3.63, 3.8) is 0 Å². The third-order valence-corrected chi connectivity index (χ3v) is 7.29. The van der Waals surface area contributed by atoms with Gasteiger partial charge in [-0.1, -0.05) is 59.3 Å². The largest absolute Gasteiger partial charge is 0.493 e. The summed E-state index contributed by atoms with van der Waals surface area (Å²) in [4.78, 5) is 43.4. The zero-order valence-corrected chi connectivity index (χ0v) is 22.9. The molecule has 0 bridgehead atoms. The zero-order chi connectivity index (χ0) is 27.6. The van der Waals surface area contributed by atoms with E-state index in [2.05, 4.69) is 11.6 Å². The van der Waals surface area contributed by atoms with Gasteiger partial charge in [0.05, 0.1) is 39.0 Å². The molecule has 1 aliphatic heterocycles. The van der Waals surface area contributed by atoms with Crippen LogP contribution < -0.4 is 24.4 Å². The Kier molecular flexibility index (Phi) is 8.20. The lowest BCUT2D eigenvalue weighted by molar-refractivity contribution is -0.138. The maximum Gasteiger partial charge on any atom is 0.338 e. The molecule has 11 heteroatoms. The second kappa shape index (κ2) is 11.4. The van der Waals surface area contributed by atoms with Gasteiger partial charge in [-0.3, -0.25) is 14.2 Å². The highest BCUT2D eigenvalue weighted by molar-refractivity contribution is 7.07. The van der Waals surface area contributed by atoms with Crippen molar-refractivity contribution in [3.8, 4) is 11.5 Å². The van der Waals surface area contributed by atoms with E-state index in [1.54, 1.807) is 49.4 Å². The summed E-state index contributed by atoms with van der Waals surface area (Å²) >= 11 is 13.4. The molecule has 0 radical (unpaired) electrons. The van der Waals surface area contributed by atoms with E-state index in [-0.39, 0.29) is 29.2 Å². The molecule has 0 saturated heterocycles. The maximum absolute atomic E-state index is 13.7. The average molecular weight is 573 g/mol. The smallest absolute Gasteiger partial charge is 0.338 e. The number of hydrogen-bond acceptors (Lipinski definition) is 8. The number of carbonyl (C=O) groups excluding carboxylic acids is 2. The van der Waals surface area contributed by atoms with Crippen molar-refractivity contribution in [1.29, 1.82) is 0 Å². The molecule has 3 aromatic rings. The molecule has 0 spiro atoms. The normalized spacial score (nSPS) is 15.0. The minimum absolute atomic E-state index is 0.0151. The SMILES string of the molecule is C=CCOC(=O)C1=C(C)N=c2sc(=Cc3ccc(Cl)c(Cl)c3)c(=O)n2C1c1ccc(OC(C)=O)c(OC)c1. The van der Waals surface area contributed by atoms with E-state index in [0.717, 1.165) is 0 Å². The van der Waals surface area contributed by atoms with Crippen molar-refractivity contribution in [1.82, 2.24) is 4.57 Å². The van der Waals surface area contributed by atoms with Gasteiger partial charge < -0.3 is 14.2 Å². The minimum Gasteiger partial charge on any atom is -0.493 e. The molecule has 1 unspecified atom stereocenters. The van der Waals surface area contributed by atoms with Crippen LogP contribution in [0.2, 0.25) is 10.0 Å². The van der Waals surface area contributed by atoms with Gasteiger partial charge in [-0.15, -0.1) is 0 Å². The lowest BCUT2D eigenvalue weighted by Crippen LogP contribution is -2.40. The summed E-state index contributed by atoms with van der Waals surface area (Å²) in [5.74, 6) is -0.704. The summed E-state index contributed by atoms with van der Waals surface area (Å²) in [6.07, 6.45) is 3.13. The second-order valence-electron chi connectivity index (χ2n) is 8.15. The summed E-state index contributed by atoms with van der Waals surface area (Å²) in [6, 6.07) is 8.96. The molecule has 0 aliphatic carbocycles. The quantitative estimate of drug-likeness (QED) is 0.239. The number of esters is 2. The molecule has 0 amide bonds. The highest BCUT2D eigenvalue weighted by atomic mass is 35.5. The highest BCUT2D eigenvalue weighted by Gasteiger charge is 2.34. The van der Waals surface area contributed by atoms with E-state index in [0.29, 0.717) is 36.2 Å². The van der Waals surface area contributed by atoms with Crippen LogP contribution in [-0.2, 0) is 14.3 Å². The van der Waals surface area contributed by atoms with Crippen LogP contribution in [0.5, 0.6) is 11.5 Å². The van der Waals surface area contributed by atoms with Crippen LogP contribution in [0.25, 0.3) is 6.08 Å². The van der Waals surface area contributed by atoms with Gasteiger partial charge in [0, 0.05) is 6.92 Å². The number of ether oxygens (including phenoxy) is 3. The van der Waals surface area contributed by atoms with Gasteiger partial charge in [-0.2, -0.15) is 0 Å². The molecule has 1 atom stereocenters.